The van der Waals surface area contributed by atoms with E-state index in [1.54, 1.807) is 4.90 Å². The number of carbonyl (C=O) groups excluding carboxylic acids is 1. The predicted molar refractivity (Wildman–Crippen MR) is 77.1 cm³/mol. The zero-order chi connectivity index (χ0) is 16.2. The fourth-order valence-electron chi connectivity index (χ4n) is 2.54. The lowest BCUT2D eigenvalue weighted by atomic mass is 10.0. The Balaban J connectivity index is 1.80. The Morgan fingerprint density at radius 2 is 1.73 bits per heavy atom. The van der Waals surface area contributed by atoms with Crippen molar-refractivity contribution < 1.29 is 18.0 Å². The lowest BCUT2D eigenvalue weighted by Crippen LogP contribution is -2.51. The van der Waals surface area contributed by atoms with Crippen LogP contribution in [0.15, 0.2) is 30.3 Å². The molecule has 0 aromatic heterocycles. The number of benzene rings is 1. The summed E-state index contributed by atoms with van der Waals surface area (Å²) in [5.74, 6) is -0.108. The Morgan fingerprint density at radius 1 is 1.14 bits per heavy atom. The second-order valence-corrected chi connectivity index (χ2v) is 5.49. The van der Waals surface area contributed by atoms with E-state index in [0.29, 0.717) is 13.1 Å². The minimum atomic E-state index is -4.19. The zero-order valence-electron chi connectivity index (χ0n) is 12.2. The van der Waals surface area contributed by atoms with E-state index in [1.165, 1.54) is 4.90 Å². The molecular weight excluding hydrogens is 295 g/mol. The van der Waals surface area contributed by atoms with Gasteiger partial charge in [-0.25, -0.2) is 0 Å². The first-order valence-electron chi connectivity index (χ1n) is 7.22. The van der Waals surface area contributed by atoms with Crippen LogP contribution in [0.3, 0.4) is 0 Å². The molecule has 2 N–H and O–H groups in total. The molecular formula is C15H20F3N3O. The molecule has 1 saturated heterocycles. The SMILES string of the molecule is NC(CC(=O)N1CCN(CC(F)(F)F)CC1)c1ccccc1. The molecule has 1 heterocycles. The molecule has 1 aromatic rings. The molecule has 22 heavy (non-hydrogen) atoms. The first kappa shape index (κ1) is 16.8. The second kappa shape index (κ2) is 7.11. The maximum atomic E-state index is 12.3. The number of hydrogen-bond acceptors (Lipinski definition) is 3. The predicted octanol–water partition coefficient (Wildman–Crippen LogP) is 1.78. The number of amides is 1. The molecule has 0 radical (unpaired) electrons. The lowest BCUT2D eigenvalue weighted by molar-refractivity contribution is -0.151. The summed E-state index contributed by atoms with van der Waals surface area (Å²) in [4.78, 5) is 15.1. The number of hydrogen-bond donors (Lipinski definition) is 1. The molecule has 0 saturated carbocycles. The Kier molecular flexibility index (Phi) is 5.42. The second-order valence-electron chi connectivity index (χ2n) is 5.49. The molecule has 122 valence electrons. The van der Waals surface area contributed by atoms with Crippen LogP contribution >= 0.6 is 0 Å². The van der Waals surface area contributed by atoms with Gasteiger partial charge in [0.15, 0.2) is 0 Å². The van der Waals surface area contributed by atoms with Crippen molar-refractivity contribution in [1.29, 1.82) is 0 Å². The van der Waals surface area contributed by atoms with Crippen molar-refractivity contribution in [3.8, 4) is 0 Å². The number of halogens is 3. The van der Waals surface area contributed by atoms with E-state index in [2.05, 4.69) is 0 Å². The fourth-order valence-corrected chi connectivity index (χ4v) is 2.54. The highest BCUT2D eigenvalue weighted by Crippen LogP contribution is 2.19. The third kappa shape index (κ3) is 4.99. The van der Waals surface area contributed by atoms with Gasteiger partial charge in [-0.1, -0.05) is 30.3 Å². The van der Waals surface area contributed by atoms with Crippen molar-refractivity contribution in [3.05, 3.63) is 35.9 Å². The number of nitrogens with two attached hydrogens (primary N) is 1. The molecule has 0 spiro atoms. The summed E-state index contributed by atoms with van der Waals surface area (Å²) in [5, 5.41) is 0. The highest BCUT2D eigenvalue weighted by molar-refractivity contribution is 5.77. The largest absolute Gasteiger partial charge is 0.401 e. The van der Waals surface area contributed by atoms with Gasteiger partial charge in [0.2, 0.25) is 5.91 Å². The van der Waals surface area contributed by atoms with Gasteiger partial charge in [-0.3, -0.25) is 9.69 Å². The first-order valence-corrected chi connectivity index (χ1v) is 7.22. The zero-order valence-corrected chi connectivity index (χ0v) is 12.2. The summed E-state index contributed by atoms with van der Waals surface area (Å²) in [5.41, 5.74) is 6.89. The molecule has 1 aliphatic rings. The van der Waals surface area contributed by atoms with Crippen LogP contribution < -0.4 is 5.73 Å². The Bertz CT molecular complexity index is 485. The van der Waals surface area contributed by atoms with Gasteiger partial charge in [0.1, 0.15) is 0 Å². The number of carbonyl (C=O) groups is 1. The molecule has 1 unspecified atom stereocenters. The van der Waals surface area contributed by atoms with Crippen molar-refractivity contribution in [2.45, 2.75) is 18.6 Å². The van der Waals surface area contributed by atoms with Crippen LogP contribution in [-0.2, 0) is 4.79 Å². The van der Waals surface area contributed by atoms with E-state index in [9.17, 15) is 18.0 Å². The Hall–Kier alpha value is -1.60. The maximum absolute atomic E-state index is 12.3. The molecule has 1 amide bonds. The smallest absolute Gasteiger partial charge is 0.340 e. The van der Waals surface area contributed by atoms with E-state index < -0.39 is 12.7 Å². The van der Waals surface area contributed by atoms with E-state index in [4.69, 9.17) is 5.73 Å². The molecule has 7 heteroatoms. The van der Waals surface area contributed by atoms with Crippen LogP contribution in [0.5, 0.6) is 0 Å². The summed E-state index contributed by atoms with van der Waals surface area (Å²) in [7, 11) is 0. The van der Waals surface area contributed by atoms with Crippen LogP contribution in [-0.4, -0.2) is 54.6 Å². The maximum Gasteiger partial charge on any atom is 0.401 e. The highest BCUT2D eigenvalue weighted by atomic mass is 19.4. The summed E-state index contributed by atoms with van der Waals surface area (Å²) < 4.78 is 37.0. The molecule has 1 aliphatic heterocycles. The number of rotatable bonds is 4. The van der Waals surface area contributed by atoms with E-state index in [0.717, 1.165) is 5.56 Å². The first-order chi connectivity index (χ1) is 10.3. The van der Waals surface area contributed by atoms with Gasteiger partial charge in [-0.05, 0) is 5.56 Å². The van der Waals surface area contributed by atoms with E-state index >= 15 is 0 Å². The average Bonchev–Trinajstić information content (AvgIpc) is 2.47. The Labute approximate surface area is 127 Å². The third-order valence-corrected chi connectivity index (χ3v) is 3.75. The summed E-state index contributed by atoms with van der Waals surface area (Å²) in [6.45, 7) is 0.197. The summed E-state index contributed by atoms with van der Waals surface area (Å²) in [6.07, 6.45) is -4.02. The average molecular weight is 315 g/mol. The van der Waals surface area contributed by atoms with Gasteiger partial charge in [-0.2, -0.15) is 13.2 Å². The minimum absolute atomic E-state index is 0.108. The number of alkyl halides is 3. The molecule has 1 aromatic carbocycles. The van der Waals surface area contributed by atoms with Crippen molar-refractivity contribution in [3.63, 3.8) is 0 Å². The van der Waals surface area contributed by atoms with E-state index in [1.807, 2.05) is 30.3 Å². The summed E-state index contributed by atoms with van der Waals surface area (Å²) in [6, 6.07) is 8.92. The molecule has 4 nitrogen and oxygen atoms in total. The van der Waals surface area contributed by atoms with Crippen LogP contribution in [0.2, 0.25) is 0 Å². The molecule has 0 aliphatic carbocycles. The van der Waals surface area contributed by atoms with Gasteiger partial charge < -0.3 is 10.6 Å². The molecule has 1 atom stereocenters. The normalized spacial score (nSPS) is 18.3. The van der Waals surface area contributed by atoms with Crippen LogP contribution in [0, 0.1) is 0 Å². The van der Waals surface area contributed by atoms with Crippen molar-refractivity contribution >= 4 is 5.91 Å². The minimum Gasteiger partial charge on any atom is -0.340 e. The molecule has 2 rings (SSSR count). The third-order valence-electron chi connectivity index (χ3n) is 3.75. The van der Waals surface area contributed by atoms with Crippen molar-refractivity contribution in [2.24, 2.45) is 5.73 Å². The Morgan fingerprint density at radius 3 is 2.27 bits per heavy atom. The summed E-state index contributed by atoms with van der Waals surface area (Å²) >= 11 is 0. The topological polar surface area (TPSA) is 49.6 Å². The number of piperazine rings is 1. The van der Waals surface area contributed by atoms with Crippen LogP contribution in [0.4, 0.5) is 13.2 Å². The van der Waals surface area contributed by atoms with Crippen LogP contribution in [0.25, 0.3) is 0 Å². The van der Waals surface area contributed by atoms with E-state index in [-0.39, 0.29) is 31.5 Å². The van der Waals surface area contributed by atoms with Gasteiger partial charge in [-0.15, -0.1) is 0 Å². The standard InChI is InChI=1S/C15H20F3N3O/c16-15(17,18)11-20-6-8-21(9-7-20)14(22)10-13(19)12-4-2-1-3-5-12/h1-5,13H,6-11,19H2. The number of nitrogens with zero attached hydrogens (tertiary/aromatic N) is 2. The quantitative estimate of drug-likeness (QED) is 0.921. The van der Waals surface area contributed by atoms with Crippen LogP contribution in [0.1, 0.15) is 18.0 Å². The lowest BCUT2D eigenvalue weighted by Gasteiger charge is -2.35. The molecule has 1 fully saturated rings. The van der Waals surface area contributed by atoms with Gasteiger partial charge in [0, 0.05) is 38.6 Å². The van der Waals surface area contributed by atoms with Crippen molar-refractivity contribution in [2.75, 3.05) is 32.7 Å². The fraction of sp³-hybridized carbons (Fsp3) is 0.533. The van der Waals surface area contributed by atoms with Gasteiger partial charge in [0.25, 0.3) is 0 Å². The monoisotopic (exact) mass is 315 g/mol. The van der Waals surface area contributed by atoms with Gasteiger partial charge in [0.05, 0.1) is 6.54 Å². The molecule has 0 bridgehead atoms. The highest BCUT2D eigenvalue weighted by Gasteiger charge is 2.32. The van der Waals surface area contributed by atoms with Crippen molar-refractivity contribution in [1.82, 2.24) is 9.80 Å². The van der Waals surface area contributed by atoms with Gasteiger partial charge >= 0.3 is 6.18 Å².